The first-order valence-corrected chi connectivity index (χ1v) is 4.96. The van der Waals surface area contributed by atoms with Crippen LogP contribution in [0.4, 0.5) is 0 Å². The molecule has 2 aliphatic carbocycles. The number of ether oxygens (including phenoxy) is 1. The molecule has 0 saturated heterocycles. The third kappa shape index (κ3) is 1.58. The molecule has 64 valence electrons. The molecule has 0 unspecified atom stereocenters. The fraction of sp³-hybridized carbons (Fsp3) is 1.00. The van der Waals surface area contributed by atoms with Crippen LogP contribution in [0.5, 0.6) is 0 Å². The van der Waals surface area contributed by atoms with E-state index in [0.717, 1.165) is 12.0 Å². The third-order valence-electron chi connectivity index (χ3n) is 3.35. The lowest BCUT2D eigenvalue weighted by Gasteiger charge is -2.27. The van der Waals surface area contributed by atoms with Crippen LogP contribution in [0, 0.1) is 5.41 Å². The largest absolute Gasteiger partial charge is 0.379 e. The van der Waals surface area contributed by atoms with Crippen molar-refractivity contribution in [2.24, 2.45) is 5.41 Å². The van der Waals surface area contributed by atoms with Gasteiger partial charge in [0.05, 0.1) is 6.10 Å². The Bertz CT molecular complexity index is 128. The van der Waals surface area contributed by atoms with E-state index in [4.69, 9.17) is 4.74 Å². The van der Waals surface area contributed by atoms with Crippen molar-refractivity contribution in [3.63, 3.8) is 0 Å². The van der Waals surface area contributed by atoms with Gasteiger partial charge in [-0.25, -0.2) is 0 Å². The molecule has 1 heteroatoms. The molecule has 2 aliphatic rings. The lowest BCUT2D eigenvalue weighted by atomic mass is 9.85. The van der Waals surface area contributed by atoms with Crippen molar-refractivity contribution in [1.82, 2.24) is 0 Å². The summed E-state index contributed by atoms with van der Waals surface area (Å²) in [6, 6.07) is 0. The van der Waals surface area contributed by atoms with E-state index in [2.05, 4.69) is 6.92 Å². The van der Waals surface area contributed by atoms with E-state index < -0.39 is 0 Å². The highest BCUT2D eigenvalue weighted by Gasteiger charge is 2.44. The van der Waals surface area contributed by atoms with Crippen molar-refractivity contribution in [3.05, 3.63) is 0 Å². The maximum absolute atomic E-state index is 5.60. The molecular formula is C10H18O. The molecule has 0 bridgehead atoms. The molecule has 2 fully saturated rings. The average molecular weight is 154 g/mol. The van der Waals surface area contributed by atoms with Gasteiger partial charge in [-0.3, -0.25) is 0 Å². The van der Waals surface area contributed by atoms with Gasteiger partial charge in [-0.2, -0.15) is 0 Å². The van der Waals surface area contributed by atoms with Crippen LogP contribution in [0.2, 0.25) is 0 Å². The molecule has 2 saturated carbocycles. The van der Waals surface area contributed by atoms with Gasteiger partial charge in [0.25, 0.3) is 0 Å². The standard InChI is InChI=1S/C10H18O/c1-2-11-9-3-5-10(6-4-9)7-8-10/h9H,2-8H2,1H3. The average Bonchev–Trinajstić information content (AvgIpc) is 2.76. The van der Waals surface area contributed by atoms with E-state index in [1.54, 1.807) is 0 Å². The van der Waals surface area contributed by atoms with E-state index in [0.29, 0.717) is 6.10 Å². The Balaban J connectivity index is 1.75. The SMILES string of the molecule is CCOC1CCC2(CC1)CC2. The second kappa shape index (κ2) is 2.78. The van der Waals surface area contributed by atoms with Gasteiger partial charge in [-0.15, -0.1) is 0 Å². The molecule has 0 aromatic rings. The minimum absolute atomic E-state index is 0.603. The van der Waals surface area contributed by atoms with Crippen LogP contribution in [0.15, 0.2) is 0 Å². The Morgan fingerprint density at radius 3 is 2.27 bits per heavy atom. The number of hydrogen-bond acceptors (Lipinski definition) is 1. The summed E-state index contributed by atoms with van der Waals surface area (Å²) in [7, 11) is 0. The van der Waals surface area contributed by atoms with Crippen molar-refractivity contribution in [2.45, 2.75) is 51.6 Å². The Hall–Kier alpha value is -0.0400. The first-order chi connectivity index (χ1) is 5.35. The molecule has 0 aromatic carbocycles. The molecule has 1 nitrogen and oxygen atoms in total. The normalized spacial score (nSPS) is 29.2. The van der Waals surface area contributed by atoms with Crippen LogP contribution in [0.3, 0.4) is 0 Å². The minimum Gasteiger partial charge on any atom is -0.379 e. The zero-order chi connectivity index (χ0) is 7.73. The van der Waals surface area contributed by atoms with Gasteiger partial charge in [0.2, 0.25) is 0 Å². The zero-order valence-electron chi connectivity index (χ0n) is 7.44. The molecule has 0 radical (unpaired) electrons. The second-order valence-corrected chi connectivity index (χ2v) is 4.15. The second-order valence-electron chi connectivity index (χ2n) is 4.15. The molecule has 2 rings (SSSR count). The maximum atomic E-state index is 5.60. The lowest BCUT2D eigenvalue weighted by Crippen LogP contribution is -2.22. The molecule has 0 N–H and O–H groups in total. The van der Waals surface area contributed by atoms with Crippen molar-refractivity contribution in [1.29, 1.82) is 0 Å². The Labute approximate surface area is 69.1 Å². The monoisotopic (exact) mass is 154 g/mol. The van der Waals surface area contributed by atoms with Gasteiger partial charge in [-0.05, 0) is 50.9 Å². The molecule has 0 atom stereocenters. The molecule has 0 aromatic heterocycles. The van der Waals surface area contributed by atoms with Crippen LogP contribution in [-0.4, -0.2) is 12.7 Å². The summed E-state index contributed by atoms with van der Waals surface area (Å²) in [4.78, 5) is 0. The molecule has 1 spiro atoms. The summed E-state index contributed by atoms with van der Waals surface area (Å²) in [5, 5.41) is 0. The van der Waals surface area contributed by atoms with Gasteiger partial charge in [0, 0.05) is 6.61 Å². The number of hydrogen-bond donors (Lipinski definition) is 0. The number of rotatable bonds is 2. The first-order valence-electron chi connectivity index (χ1n) is 4.96. The van der Waals surface area contributed by atoms with Crippen LogP contribution in [-0.2, 0) is 4.74 Å². The van der Waals surface area contributed by atoms with Crippen molar-refractivity contribution in [3.8, 4) is 0 Å². The van der Waals surface area contributed by atoms with E-state index in [-0.39, 0.29) is 0 Å². The first kappa shape index (κ1) is 7.60. The highest BCUT2D eigenvalue weighted by atomic mass is 16.5. The van der Waals surface area contributed by atoms with Crippen LogP contribution in [0.1, 0.15) is 45.4 Å². The predicted molar refractivity (Wildman–Crippen MR) is 45.5 cm³/mol. The Morgan fingerprint density at radius 1 is 1.18 bits per heavy atom. The molecule has 0 amide bonds. The maximum Gasteiger partial charge on any atom is 0.0575 e. The molecular weight excluding hydrogens is 136 g/mol. The van der Waals surface area contributed by atoms with E-state index in [1.165, 1.54) is 38.5 Å². The van der Waals surface area contributed by atoms with Crippen LogP contribution < -0.4 is 0 Å². The molecule has 0 aliphatic heterocycles. The van der Waals surface area contributed by atoms with Gasteiger partial charge in [-0.1, -0.05) is 0 Å². The smallest absolute Gasteiger partial charge is 0.0575 e. The van der Waals surface area contributed by atoms with Crippen molar-refractivity contribution >= 4 is 0 Å². The summed E-state index contributed by atoms with van der Waals surface area (Å²) in [6.07, 6.45) is 9.15. The fourth-order valence-electron chi connectivity index (χ4n) is 2.28. The van der Waals surface area contributed by atoms with Gasteiger partial charge in [0.15, 0.2) is 0 Å². The minimum atomic E-state index is 0.603. The van der Waals surface area contributed by atoms with Crippen molar-refractivity contribution in [2.75, 3.05) is 6.61 Å². The van der Waals surface area contributed by atoms with E-state index in [1.807, 2.05) is 0 Å². The third-order valence-corrected chi connectivity index (χ3v) is 3.35. The summed E-state index contributed by atoms with van der Waals surface area (Å²) in [5.41, 5.74) is 0.827. The summed E-state index contributed by atoms with van der Waals surface area (Å²) in [6.45, 7) is 3.00. The highest BCUT2D eigenvalue weighted by Crippen LogP contribution is 2.56. The van der Waals surface area contributed by atoms with Crippen LogP contribution in [0.25, 0.3) is 0 Å². The fourth-order valence-corrected chi connectivity index (χ4v) is 2.28. The highest BCUT2D eigenvalue weighted by molar-refractivity contribution is 4.96. The zero-order valence-corrected chi connectivity index (χ0v) is 7.44. The lowest BCUT2D eigenvalue weighted by molar-refractivity contribution is 0.0221. The molecule has 11 heavy (non-hydrogen) atoms. The van der Waals surface area contributed by atoms with E-state index >= 15 is 0 Å². The summed E-state index contributed by atoms with van der Waals surface area (Å²) in [5.74, 6) is 0. The van der Waals surface area contributed by atoms with Crippen LogP contribution >= 0.6 is 0 Å². The topological polar surface area (TPSA) is 9.23 Å². The van der Waals surface area contributed by atoms with Gasteiger partial charge >= 0.3 is 0 Å². The quantitative estimate of drug-likeness (QED) is 0.594. The Kier molecular flexibility index (Phi) is 1.92. The summed E-state index contributed by atoms with van der Waals surface area (Å²) < 4.78 is 5.60. The summed E-state index contributed by atoms with van der Waals surface area (Å²) >= 11 is 0. The van der Waals surface area contributed by atoms with Gasteiger partial charge in [0.1, 0.15) is 0 Å². The van der Waals surface area contributed by atoms with Gasteiger partial charge < -0.3 is 4.74 Å². The predicted octanol–water partition coefficient (Wildman–Crippen LogP) is 2.75. The molecule has 0 heterocycles. The Morgan fingerprint density at radius 2 is 1.82 bits per heavy atom. The van der Waals surface area contributed by atoms with E-state index in [9.17, 15) is 0 Å². The van der Waals surface area contributed by atoms with Crippen molar-refractivity contribution < 1.29 is 4.74 Å².